The number of ketones is 2. The molecule has 0 spiro atoms. The third kappa shape index (κ3) is 1.61. The Morgan fingerprint density at radius 3 is 2.25 bits per heavy atom. The van der Waals surface area contributed by atoms with E-state index < -0.39 is 23.3 Å². The second kappa shape index (κ2) is 2.58. The molecule has 0 bridgehead atoms. The number of allylic oxidation sites excluding steroid dienone is 4. The van der Waals surface area contributed by atoms with Crippen LogP contribution in [0.5, 0.6) is 0 Å². The fourth-order valence-corrected chi connectivity index (χ4v) is 0.627. The number of hydrogen-bond donors (Lipinski definition) is 0. The maximum atomic E-state index is 11.8. The SMILES string of the molecule is O=C1[C]=CC(C(F)(F)F)=CC1=O. The zero-order valence-electron chi connectivity index (χ0n) is 5.61. The van der Waals surface area contributed by atoms with Crippen LogP contribution in [0.15, 0.2) is 17.7 Å². The van der Waals surface area contributed by atoms with Gasteiger partial charge < -0.3 is 0 Å². The van der Waals surface area contributed by atoms with Gasteiger partial charge in [-0.2, -0.15) is 13.2 Å². The topological polar surface area (TPSA) is 34.1 Å². The number of Topliss-reactive ketones (excluding diaryl/α,β-unsaturated/α-hetero) is 1. The normalized spacial score (nSPS) is 18.1. The van der Waals surface area contributed by atoms with Crippen molar-refractivity contribution < 1.29 is 22.8 Å². The molecule has 0 unspecified atom stereocenters. The van der Waals surface area contributed by atoms with E-state index in [0.29, 0.717) is 6.08 Å². The van der Waals surface area contributed by atoms with E-state index in [1.54, 1.807) is 6.08 Å². The molecule has 0 saturated heterocycles. The average Bonchev–Trinajstić information content (AvgIpc) is 1.92. The molecule has 0 saturated carbocycles. The largest absolute Gasteiger partial charge is 0.416 e. The highest BCUT2D eigenvalue weighted by atomic mass is 19.4. The van der Waals surface area contributed by atoms with Crippen LogP contribution >= 0.6 is 0 Å². The Morgan fingerprint density at radius 1 is 1.25 bits per heavy atom. The van der Waals surface area contributed by atoms with Crippen molar-refractivity contribution in [2.75, 3.05) is 0 Å². The van der Waals surface area contributed by atoms with Crippen LogP contribution in [0.25, 0.3) is 0 Å². The summed E-state index contributed by atoms with van der Waals surface area (Å²) in [6, 6.07) is 0. The molecule has 5 heteroatoms. The molecule has 63 valence electrons. The van der Waals surface area contributed by atoms with E-state index in [2.05, 4.69) is 0 Å². The Hall–Kier alpha value is -1.39. The van der Waals surface area contributed by atoms with Gasteiger partial charge in [0.15, 0.2) is 0 Å². The lowest BCUT2D eigenvalue weighted by molar-refractivity contribution is -0.132. The lowest BCUT2D eigenvalue weighted by atomic mass is 10.1. The van der Waals surface area contributed by atoms with E-state index >= 15 is 0 Å². The van der Waals surface area contributed by atoms with Gasteiger partial charge >= 0.3 is 6.18 Å². The van der Waals surface area contributed by atoms with Crippen LogP contribution in [0.1, 0.15) is 0 Å². The zero-order chi connectivity index (χ0) is 9.35. The highest BCUT2D eigenvalue weighted by Gasteiger charge is 2.34. The second-order valence-electron chi connectivity index (χ2n) is 2.08. The summed E-state index contributed by atoms with van der Waals surface area (Å²) in [6.45, 7) is 0. The third-order valence-electron chi connectivity index (χ3n) is 1.20. The predicted octanol–water partition coefficient (Wildman–Crippen LogP) is 0.986. The van der Waals surface area contributed by atoms with Crippen molar-refractivity contribution in [2.45, 2.75) is 6.18 Å². The molecule has 1 radical (unpaired) electrons. The van der Waals surface area contributed by atoms with Crippen molar-refractivity contribution in [3.63, 3.8) is 0 Å². The maximum Gasteiger partial charge on any atom is 0.416 e. The summed E-state index contributed by atoms with van der Waals surface area (Å²) in [4.78, 5) is 20.8. The summed E-state index contributed by atoms with van der Waals surface area (Å²) in [6.07, 6.45) is -2.18. The first kappa shape index (κ1) is 8.70. The van der Waals surface area contributed by atoms with Gasteiger partial charge in [0.25, 0.3) is 0 Å². The molecule has 1 aliphatic carbocycles. The van der Waals surface area contributed by atoms with Gasteiger partial charge in [-0.1, -0.05) is 0 Å². The molecule has 1 rings (SSSR count). The molecule has 0 aliphatic heterocycles. The minimum absolute atomic E-state index is 0.263. The van der Waals surface area contributed by atoms with Crippen molar-refractivity contribution in [3.05, 3.63) is 23.8 Å². The van der Waals surface area contributed by atoms with Crippen LogP contribution in [0.3, 0.4) is 0 Å². The first-order chi connectivity index (χ1) is 5.41. The lowest BCUT2D eigenvalue weighted by Crippen LogP contribution is -2.19. The molecule has 2 nitrogen and oxygen atoms in total. The van der Waals surface area contributed by atoms with E-state index in [1.807, 2.05) is 0 Å². The molecule has 0 fully saturated rings. The highest BCUT2D eigenvalue weighted by Crippen LogP contribution is 2.27. The van der Waals surface area contributed by atoms with Gasteiger partial charge in [0.2, 0.25) is 11.6 Å². The van der Waals surface area contributed by atoms with Gasteiger partial charge in [-0.05, 0) is 6.08 Å². The highest BCUT2D eigenvalue weighted by molar-refractivity contribution is 6.45. The molecule has 0 heterocycles. The fraction of sp³-hybridized carbons (Fsp3) is 0.143. The zero-order valence-corrected chi connectivity index (χ0v) is 5.61. The molecule has 0 N–H and O–H groups in total. The summed E-state index contributed by atoms with van der Waals surface area (Å²) in [5.74, 6) is -2.24. The minimum atomic E-state index is -4.59. The Bertz CT molecular complexity index is 296. The predicted molar refractivity (Wildman–Crippen MR) is 32.0 cm³/mol. The molecule has 0 aromatic heterocycles. The van der Waals surface area contributed by atoms with Gasteiger partial charge in [0.05, 0.1) is 5.57 Å². The van der Waals surface area contributed by atoms with Gasteiger partial charge in [0, 0.05) is 12.2 Å². The van der Waals surface area contributed by atoms with Crippen molar-refractivity contribution in [2.24, 2.45) is 0 Å². The lowest BCUT2D eigenvalue weighted by Gasteiger charge is -2.08. The summed E-state index contributed by atoms with van der Waals surface area (Å²) in [7, 11) is 0. The number of alkyl halides is 3. The summed E-state index contributed by atoms with van der Waals surface area (Å²) in [5, 5.41) is 0. The molecule has 0 atom stereocenters. The van der Waals surface area contributed by atoms with Crippen molar-refractivity contribution >= 4 is 11.6 Å². The number of halogens is 3. The van der Waals surface area contributed by atoms with Gasteiger partial charge in [-0.25, -0.2) is 0 Å². The number of carbonyl (C=O) groups is 2. The van der Waals surface area contributed by atoms with Gasteiger partial charge in [-0.15, -0.1) is 0 Å². The molecular weight excluding hydrogens is 173 g/mol. The van der Waals surface area contributed by atoms with E-state index in [9.17, 15) is 22.8 Å². The van der Waals surface area contributed by atoms with Crippen molar-refractivity contribution in [1.29, 1.82) is 0 Å². The Balaban J connectivity index is 2.99. The minimum Gasteiger partial charge on any atom is -0.286 e. The van der Waals surface area contributed by atoms with Crippen LogP contribution in [-0.4, -0.2) is 17.7 Å². The fourth-order valence-electron chi connectivity index (χ4n) is 0.627. The molecule has 0 aromatic rings. The Labute approximate surface area is 65.4 Å². The van der Waals surface area contributed by atoms with Crippen LogP contribution < -0.4 is 0 Å². The number of carbonyl (C=O) groups excluding carboxylic acids is 2. The Morgan fingerprint density at radius 2 is 1.83 bits per heavy atom. The van der Waals surface area contributed by atoms with Crippen LogP contribution in [0.2, 0.25) is 0 Å². The second-order valence-corrected chi connectivity index (χ2v) is 2.08. The van der Waals surface area contributed by atoms with E-state index in [-0.39, 0.29) is 6.08 Å². The first-order valence-corrected chi connectivity index (χ1v) is 2.88. The van der Waals surface area contributed by atoms with Gasteiger partial charge in [-0.3, -0.25) is 9.59 Å². The third-order valence-corrected chi connectivity index (χ3v) is 1.20. The van der Waals surface area contributed by atoms with Crippen LogP contribution in [-0.2, 0) is 9.59 Å². The first-order valence-electron chi connectivity index (χ1n) is 2.88. The number of rotatable bonds is 0. The summed E-state index contributed by atoms with van der Waals surface area (Å²) < 4.78 is 35.5. The quantitative estimate of drug-likeness (QED) is 0.406. The molecule has 0 amide bonds. The van der Waals surface area contributed by atoms with Gasteiger partial charge in [0.1, 0.15) is 0 Å². The average molecular weight is 175 g/mol. The van der Waals surface area contributed by atoms with Crippen molar-refractivity contribution in [3.8, 4) is 0 Å². The van der Waals surface area contributed by atoms with Crippen LogP contribution in [0.4, 0.5) is 13.2 Å². The maximum absolute atomic E-state index is 11.8. The van der Waals surface area contributed by atoms with E-state index in [0.717, 1.165) is 0 Å². The summed E-state index contributed by atoms with van der Waals surface area (Å²) in [5.41, 5.74) is -1.15. The smallest absolute Gasteiger partial charge is 0.286 e. The van der Waals surface area contributed by atoms with E-state index in [1.165, 1.54) is 0 Å². The molecule has 1 aliphatic rings. The standard InChI is InChI=1S/C7H2F3O2/c8-7(9,10)4-1-2-5(11)6(12)3-4/h1,3H. The molecular formula is C7H2F3O2. The monoisotopic (exact) mass is 175 g/mol. The van der Waals surface area contributed by atoms with Crippen LogP contribution in [0, 0.1) is 6.08 Å². The Kier molecular flexibility index (Phi) is 1.87. The van der Waals surface area contributed by atoms with E-state index in [4.69, 9.17) is 0 Å². The summed E-state index contributed by atoms with van der Waals surface area (Å²) >= 11 is 0. The molecule has 0 aromatic carbocycles. The number of hydrogen-bond acceptors (Lipinski definition) is 2. The molecule has 12 heavy (non-hydrogen) atoms. The van der Waals surface area contributed by atoms with Crippen molar-refractivity contribution in [1.82, 2.24) is 0 Å².